The molecule has 7 heteroatoms. The first-order valence-corrected chi connectivity index (χ1v) is 11.3. The highest BCUT2D eigenvalue weighted by atomic mass is 16.7. The SMILES string of the molecule is Cc1ccc(OCc2nc(-c3ccc(C(=O)N4CCC5(CC4)OCCO5)cc3)oc2C)cc1. The molecule has 2 aliphatic rings. The van der Waals surface area contributed by atoms with Gasteiger partial charge < -0.3 is 23.5 Å². The van der Waals surface area contributed by atoms with Crippen LogP contribution in [0.1, 0.15) is 40.2 Å². The number of nitrogens with zero attached hydrogens (tertiary/aromatic N) is 2. The minimum atomic E-state index is -0.482. The van der Waals surface area contributed by atoms with Crippen molar-refractivity contribution >= 4 is 5.91 Å². The average molecular weight is 449 g/mol. The predicted molar refractivity (Wildman–Crippen MR) is 122 cm³/mol. The number of piperidine rings is 1. The second-order valence-corrected chi connectivity index (χ2v) is 8.60. The molecule has 0 saturated carbocycles. The molecule has 2 aromatic carbocycles. The van der Waals surface area contributed by atoms with Gasteiger partial charge in [-0.15, -0.1) is 0 Å². The molecule has 172 valence electrons. The van der Waals surface area contributed by atoms with Crippen LogP contribution in [-0.2, 0) is 16.1 Å². The molecule has 1 amide bonds. The molecule has 33 heavy (non-hydrogen) atoms. The van der Waals surface area contributed by atoms with Crippen LogP contribution in [0, 0.1) is 13.8 Å². The van der Waals surface area contributed by atoms with Gasteiger partial charge in [0.05, 0.1) is 13.2 Å². The van der Waals surface area contributed by atoms with E-state index >= 15 is 0 Å². The van der Waals surface area contributed by atoms with Crippen molar-refractivity contribution in [2.24, 2.45) is 0 Å². The highest BCUT2D eigenvalue weighted by molar-refractivity contribution is 5.94. The fourth-order valence-corrected chi connectivity index (χ4v) is 4.25. The van der Waals surface area contributed by atoms with Gasteiger partial charge in [0.25, 0.3) is 5.91 Å². The van der Waals surface area contributed by atoms with Gasteiger partial charge in [0.15, 0.2) is 5.79 Å². The lowest BCUT2D eigenvalue weighted by Crippen LogP contribution is -2.47. The fourth-order valence-electron chi connectivity index (χ4n) is 4.25. The maximum atomic E-state index is 12.9. The third-order valence-electron chi connectivity index (χ3n) is 6.29. The molecule has 0 aliphatic carbocycles. The molecule has 1 spiro atoms. The lowest BCUT2D eigenvalue weighted by molar-refractivity contribution is -0.181. The summed E-state index contributed by atoms with van der Waals surface area (Å²) in [5.74, 6) is 1.57. The van der Waals surface area contributed by atoms with E-state index in [0.717, 1.165) is 22.8 Å². The Balaban J connectivity index is 1.22. The average Bonchev–Trinajstić information content (AvgIpc) is 3.45. The number of amides is 1. The number of aromatic nitrogens is 1. The Bertz CT molecular complexity index is 1100. The van der Waals surface area contributed by atoms with E-state index in [-0.39, 0.29) is 5.91 Å². The van der Waals surface area contributed by atoms with Crippen LogP contribution in [0.4, 0.5) is 0 Å². The van der Waals surface area contributed by atoms with E-state index < -0.39 is 5.79 Å². The maximum Gasteiger partial charge on any atom is 0.253 e. The standard InChI is InChI=1S/C26H28N2O5/c1-18-3-9-22(10-4-18)30-17-23-19(2)33-24(27-23)20-5-7-21(8-6-20)25(29)28-13-11-26(12-14-28)31-15-16-32-26/h3-10H,11-17H2,1-2H3. The highest BCUT2D eigenvalue weighted by Crippen LogP contribution is 2.32. The highest BCUT2D eigenvalue weighted by Gasteiger charge is 2.40. The molecule has 3 heterocycles. The van der Waals surface area contributed by atoms with Crippen molar-refractivity contribution in [2.75, 3.05) is 26.3 Å². The molecule has 5 rings (SSSR count). The number of oxazole rings is 1. The van der Waals surface area contributed by atoms with Gasteiger partial charge in [0.2, 0.25) is 5.89 Å². The second kappa shape index (κ2) is 9.00. The second-order valence-electron chi connectivity index (χ2n) is 8.60. The monoisotopic (exact) mass is 448 g/mol. The number of aryl methyl sites for hydroxylation is 2. The van der Waals surface area contributed by atoms with Crippen molar-refractivity contribution < 1.29 is 23.4 Å². The molecule has 2 fully saturated rings. The fraction of sp³-hybridized carbons (Fsp3) is 0.385. The molecule has 0 bridgehead atoms. The zero-order valence-corrected chi connectivity index (χ0v) is 19.0. The van der Waals surface area contributed by atoms with Crippen LogP contribution in [0.25, 0.3) is 11.5 Å². The summed E-state index contributed by atoms with van der Waals surface area (Å²) in [7, 11) is 0. The quantitative estimate of drug-likeness (QED) is 0.572. The van der Waals surface area contributed by atoms with Crippen LogP contribution < -0.4 is 4.74 Å². The van der Waals surface area contributed by atoms with Gasteiger partial charge in [-0.2, -0.15) is 0 Å². The minimum Gasteiger partial charge on any atom is -0.487 e. The number of hydrogen-bond donors (Lipinski definition) is 0. The summed E-state index contributed by atoms with van der Waals surface area (Å²) in [5, 5.41) is 0. The first kappa shape index (κ1) is 21.7. The van der Waals surface area contributed by atoms with Gasteiger partial charge in [-0.25, -0.2) is 4.98 Å². The summed E-state index contributed by atoms with van der Waals surface area (Å²) < 4.78 is 23.2. The van der Waals surface area contributed by atoms with Gasteiger partial charge in [-0.05, 0) is 50.2 Å². The van der Waals surface area contributed by atoms with Crippen LogP contribution in [0.5, 0.6) is 5.75 Å². The molecular weight excluding hydrogens is 420 g/mol. The van der Waals surface area contributed by atoms with Crippen LogP contribution in [0.15, 0.2) is 52.9 Å². The summed E-state index contributed by atoms with van der Waals surface area (Å²) in [6.45, 7) is 6.78. The van der Waals surface area contributed by atoms with E-state index in [2.05, 4.69) is 4.98 Å². The van der Waals surface area contributed by atoms with Gasteiger partial charge in [0.1, 0.15) is 23.8 Å². The number of ether oxygens (including phenoxy) is 3. The van der Waals surface area contributed by atoms with E-state index in [1.807, 2.05) is 67.3 Å². The molecule has 0 radical (unpaired) electrons. The first-order chi connectivity index (χ1) is 16.0. The third-order valence-corrected chi connectivity index (χ3v) is 6.29. The first-order valence-electron chi connectivity index (χ1n) is 11.3. The third kappa shape index (κ3) is 4.65. The van der Waals surface area contributed by atoms with Crippen molar-refractivity contribution in [1.82, 2.24) is 9.88 Å². The number of carbonyl (C=O) groups is 1. The zero-order chi connectivity index (χ0) is 22.8. The van der Waals surface area contributed by atoms with E-state index in [1.54, 1.807) is 0 Å². The Morgan fingerprint density at radius 2 is 1.67 bits per heavy atom. The molecule has 2 aliphatic heterocycles. The normalized spacial score (nSPS) is 17.5. The van der Waals surface area contributed by atoms with Crippen molar-refractivity contribution in [3.05, 3.63) is 71.1 Å². The van der Waals surface area contributed by atoms with E-state index in [0.29, 0.717) is 57.2 Å². The smallest absolute Gasteiger partial charge is 0.253 e. The summed E-state index contributed by atoms with van der Waals surface area (Å²) in [4.78, 5) is 19.4. The Hall–Kier alpha value is -3.16. The lowest BCUT2D eigenvalue weighted by atomic mass is 10.0. The topological polar surface area (TPSA) is 74.0 Å². The summed E-state index contributed by atoms with van der Waals surface area (Å²) in [6, 6.07) is 15.3. The molecule has 1 aromatic heterocycles. The van der Waals surface area contributed by atoms with Crippen molar-refractivity contribution in [3.8, 4) is 17.2 Å². The maximum absolute atomic E-state index is 12.9. The Morgan fingerprint density at radius 3 is 2.33 bits per heavy atom. The van der Waals surface area contributed by atoms with Crippen LogP contribution >= 0.6 is 0 Å². The number of likely N-dealkylation sites (tertiary alicyclic amines) is 1. The van der Waals surface area contributed by atoms with Crippen LogP contribution in [-0.4, -0.2) is 47.9 Å². The van der Waals surface area contributed by atoms with E-state index in [9.17, 15) is 4.79 Å². The Kier molecular flexibility index (Phi) is 5.91. The van der Waals surface area contributed by atoms with Gasteiger partial charge in [-0.3, -0.25) is 4.79 Å². The molecule has 7 nitrogen and oxygen atoms in total. The largest absolute Gasteiger partial charge is 0.487 e. The molecule has 0 N–H and O–H groups in total. The number of carbonyl (C=O) groups excluding carboxylic acids is 1. The Morgan fingerprint density at radius 1 is 1.00 bits per heavy atom. The molecule has 0 unspecified atom stereocenters. The van der Waals surface area contributed by atoms with Gasteiger partial charge >= 0.3 is 0 Å². The van der Waals surface area contributed by atoms with Crippen molar-refractivity contribution in [3.63, 3.8) is 0 Å². The van der Waals surface area contributed by atoms with Crippen molar-refractivity contribution in [1.29, 1.82) is 0 Å². The van der Waals surface area contributed by atoms with Crippen LogP contribution in [0.3, 0.4) is 0 Å². The van der Waals surface area contributed by atoms with E-state index in [1.165, 1.54) is 5.56 Å². The Labute approximate surface area is 193 Å². The molecular formula is C26H28N2O5. The zero-order valence-electron chi connectivity index (χ0n) is 19.0. The predicted octanol–water partition coefficient (Wildman–Crippen LogP) is 4.52. The summed E-state index contributed by atoms with van der Waals surface area (Å²) >= 11 is 0. The molecule has 3 aromatic rings. The van der Waals surface area contributed by atoms with Gasteiger partial charge in [-0.1, -0.05) is 17.7 Å². The molecule has 2 saturated heterocycles. The number of rotatable bonds is 5. The van der Waals surface area contributed by atoms with Gasteiger partial charge in [0, 0.05) is 37.1 Å². The molecule has 0 atom stereocenters. The van der Waals surface area contributed by atoms with E-state index in [4.69, 9.17) is 18.6 Å². The van der Waals surface area contributed by atoms with Crippen molar-refractivity contribution in [2.45, 2.75) is 39.1 Å². The number of hydrogen-bond acceptors (Lipinski definition) is 6. The number of benzene rings is 2. The van der Waals surface area contributed by atoms with Crippen LogP contribution in [0.2, 0.25) is 0 Å². The summed E-state index contributed by atoms with van der Waals surface area (Å²) in [6.07, 6.45) is 1.42. The summed E-state index contributed by atoms with van der Waals surface area (Å²) in [5.41, 5.74) is 3.41. The minimum absolute atomic E-state index is 0.0187. The lowest BCUT2D eigenvalue weighted by Gasteiger charge is -2.37.